The number of fused-ring (bicyclic) bond motifs is 1. The fraction of sp³-hybridized carbons (Fsp3) is 0.429. The van der Waals surface area contributed by atoms with Crippen LogP contribution in [0.4, 0.5) is 5.69 Å². The van der Waals surface area contributed by atoms with Gasteiger partial charge in [0.1, 0.15) is 5.75 Å². The molecular formula is C28H35N5O5S. The van der Waals surface area contributed by atoms with Gasteiger partial charge < -0.3 is 14.7 Å². The number of aliphatic hydroxyl groups is 1. The van der Waals surface area contributed by atoms with Gasteiger partial charge in [0.2, 0.25) is 0 Å². The van der Waals surface area contributed by atoms with Crippen LogP contribution in [0.1, 0.15) is 30.9 Å². The molecule has 0 bridgehead atoms. The Morgan fingerprint density at radius 3 is 2.62 bits per heavy atom. The van der Waals surface area contributed by atoms with Crippen molar-refractivity contribution < 1.29 is 23.1 Å². The number of pyridine rings is 1. The lowest BCUT2D eigenvalue weighted by molar-refractivity contribution is -0.134. The van der Waals surface area contributed by atoms with Gasteiger partial charge in [-0.3, -0.25) is 19.4 Å². The van der Waals surface area contributed by atoms with Crippen molar-refractivity contribution in [2.24, 2.45) is 0 Å². The third kappa shape index (κ3) is 6.33. The summed E-state index contributed by atoms with van der Waals surface area (Å²) in [5.74, 6) is 0.252. The summed E-state index contributed by atoms with van der Waals surface area (Å²) in [5.41, 5.74) is 1.83. The van der Waals surface area contributed by atoms with E-state index in [-0.39, 0.29) is 24.7 Å². The van der Waals surface area contributed by atoms with Crippen LogP contribution in [0, 0.1) is 0 Å². The van der Waals surface area contributed by atoms with Crippen LogP contribution in [0.25, 0.3) is 10.9 Å². The molecule has 3 aromatic rings. The van der Waals surface area contributed by atoms with E-state index in [4.69, 9.17) is 4.74 Å². The van der Waals surface area contributed by atoms with Crippen LogP contribution in [0.3, 0.4) is 0 Å². The first kappa shape index (κ1) is 27.3. The third-order valence-corrected chi connectivity index (χ3v) is 8.97. The van der Waals surface area contributed by atoms with E-state index in [1.807, 2.05) is 30.3 Å². The number of aromatic nitrogens is 1. The SMILES string of the molecule is CN(C(=O)COc1ccc(NS(=O)(=O)N2CCCC2)c2ncccc12)C(CN1CC[C@H](O)C1)c1ccccc1. The number of nitrogens with one attached hydrogen (secondary N) is 1. The molecule has 0 spiro atoms. The first-order valence-corrected chi connectivity index (χ1v) is 14.8. The number of anilines is 1. The Labute approximate surface area is 229 Å². The first-order valence-electron chi connectivity index (χ1n) is 13.3. The van der Waals surface area contributed by atoms with Crippen molar-refractivity contribution in [1.82, 2.24) is 19.1 Å². The van der Waals surface area contributed by atoms with Crippen molar-refractivity contribution in [1.29, 1.82) is 0 Å². The average Bonchev–Trinajstić information content (AvgIpc) is 3.64. The van der Waals surface area contributed by atoms with Crippen LogP contribution < -0.4 is 9.46 Å². The van der Waals surface area contributed by atoms with Gasteiger partial charge in [-0.2, -0.15) is 12.7 Å². The van der Waals surface area contributed by atoms with E-state index in [0.29, 0.717) is 48.5 Å². The molecule has 2 aromatic carbocycles. The van der Waals surface area contributed by atoms with Crippen molar-refractivity contribution in [3.8, 4) is 5.75 Å². The van der Waals surface area contributed by atoms with E-state index in [0.717, 1.165) is 31.4 Å². The molecule has 2 saturated heterocycles. The normalized spacial score (nSPS) is 19.3. The predicted octanol–water partition coefficient (Wildman–Crippen LogP) is 2.63. The van der Waals surface area contributed by atoms with Crippen molar-refractivity contribution in [2.75, 3.05) is 51.1 Å². The van der Waals surface area contributed by atoms with Gasteiger partial charge in [0.25, 0.3) is 5.91 Å². The third-order valence-electron chi connectivity index (χ3n) is 7.45. The van der Waals surface area contributed by atoms with E-state index < -0.39 is 10.2 Å². The molecule has 2 N–H and O–H groups in total. The Balaban J connectivity index is 1.31. The number of β-amino-alcohol motifs (C(OH)–C–C–N with tert-alkyl or cyclic N) is 1. The maximum atomic E-state index is 13.3. The molecule has 2 fully saturated rings. The molecule has 0 aliphatic carbocycles. The van der Waals surface area contributed by atoms with Crippen LogP contribution in [-0.4, -0.2) is 91.0 Å². The fourth-order valence-corrected chi connectivity index (χ4v) is 6.56. The summed E-state index contributed by atoms with van der Waals surface area (Å²) in [4.78, 5) is 21.6. The van der Waals surface area contributed by atoms with Crippen LogP contribution in [0.5, 0.6) is 5.75 Å². The largest absolute Gasteiger partial charge is 0.483 e. The standard InChI is InChI=1S/C28H35N5O5S/c1-31(25(21-8-3-2-4-9-21)19-32-17-13-22(34)18-32)27(35)20-38-26-12-11-24(28-23(26)10-7-14-29-28)30-39(36,37)33-15-5-6-16-33/h2-4,7-12,14,22,25,30,34H,5-6,13,15-20H2,1H3/t22-,25?/m0/s1. The molecule has 5 rings (SSSR count). The number of aliphatic hydroxyl groups excluding tert-OH is 1. The van der Waals surface area contributed by atoms with E-state index in [2.05, 4.69) is 14.6 Å². The number of ether oxygens (including phenoxy) is 1. The summed E-state index contributed by atoms with van der Waals surface area (Å²) in [5, 5.41) is 10.6. The highest BCUT2D eigenvalue weighted by Crippen LogP contribution is 2.32. The Morgan fingerprint density at radius 1 is 1.13 bits per heavy atom. The van der Waals surface area contributed by atoms with Crippen LogP contribution in [0.2, 0.25) is 0 Å². The maximum absolute atomic E-state index is 13.3. The number of hydrogen-bond donors (Lipinski definition) is 2. The summed E-state index contributed by atoms with van der Waals surface area (Å²) in [6.07, 6.45) is 3.68. The zero-order valence-corrected chi connectivity index (χ0v) is 22.9. The van der Waals surface area contributed by atoms with Crippen molar-refractivity contribution in [3.05, 3.63) is 66.4 Å². The lowest BCUT2D eigenvalue weighted by atomic mass is 10.0. The second-order valence-corrected chi connectivity index (χ2v) is 11.8. The molecule has 0 radical (unpaired) electrons. The zero-order chi connectivity index (χ0) is 27.4. The molecule has 39 heavy (non-hydrogen) atoms. The molecule has 208 valence electrons. The summed E-state index contributed by atoms with van der Waals surface area (Å²) in [6.45, 7) is 2.80. The van der Waals surface area contributed by atoms with E-state index in [1.165, 1.54) is 4.31 Å². The number of likely N-dealkylation sites (N-methyl/N-ethyl adjacent to an activating group) is 1. The average molecular weight is 554 g/mol. The first-order chi connectivity index (χ1) is 18.8. The minimum Gasteiger partial charge on any atom is -0.483 e. The Bertz CT molecular complexity index is 1400. The van der Waals surface area contributed by atoms with Gasteiger partial charge in [0.05, 0.1) is 23.3 Å². The minimum absolute atomic E-state index is 0.189. The molecule has 3 heterocycles. The van der Waals surface area contributed by atoms with Gasteiger partial charge in [0.15, 0.2) is 6.61 Å². The van der Waals surface area contributed by atoms with E-state index >= 15 is 0 Å². The van der Waals surface area contributed by atoms with Gasteiger partial charge >= 0.3 is 10.2 Å². The topological polar surface area (TPSA) is 115 Å². The van der Waals surface area contributed by atoms with Gasteiger partial charge in [-0.05, 0) is 49.1 Å². The number of likely N-dealkylation sites (tertiary alicyclic amines) is 1. The van der Waals surface area contributed by atoms with E-state index in [1.54, 1.807) is 42.4 Å². The number of carbonyl (C=O) groups excluding carboxylic acids is 1. The summed E-state index contributed by atoms with van der Waals surface area (Å²) in [6, 6.07) is 16.5. The predicted molar refractivity (Wildman–Crippen MR) is 150 cm³/mol. The van der Waals surface area contributed by atoms with Gasteiger partial charge in [0, 0.05) is 51.4 Å². The molecule has 2 aliphatic rings. The number of carbonyl (C=O) groups is 1. The maximum Gasteiger partial charge on any atom is 0.301 e. The summed E-state index contributed by atoms with van der Waals surface area (Å²) in [7, 11) is -1.91. The summed E-state index contributed by atoms with van der Waals surface area (Å²) < 4.78 is 35.8. The molecule has 11 heteroatoms. The molecule has 2 atom stereocenters. The smallest absolute Gasteiger partial charge is 0.301 e. The highest BCUT2D eigenvalue weighted by atomic mass is 32.2. The molecule has 2 aliphatic heterocycles. The number of benzene rings is 2. The second-order valence-electron chi connectivity index (χ2n) is 10.1. The van der Waals surface area contributed by atoms with Crippen molar-refractivity contribution in [3.63, 3.8) is 0 Å². The number of hydrogen-bond acceptors (Lipinski definition) is 7. The van der Waals surface area contributed by atoms with Crippen molar-refractivity contribution in [2.45, 2.75) is 31.4 Å². The van der Waals surface area contributed by atoms with Gasteiger partial charge in [-0.25, -0.2) is 0 Å². The lowest BCUT2D eigenvalue weighted by Crippen LogP contribution is -2.40. The molecule has 10 nitrogen and oxygen atoms in total. The highest BCUT2D eigenvalue weighted by molar-refractivity contribution is 7.90. The Hall–Kier alpha value is -3.25. The number of nitrogens with zero attached hydrogens (tertiary/aromatic N) is 4. The van der Waals surface area contributed by atoms with Crippen LogP contribution in [0.15, 0.2) is 60.8 Å². The molecule has 0 saturated carbocycles. The monoisotopic (exact) mass is 553 g/mol. The number of rotatable bonds is 10. The van der Waals surface area contributed by atoms with Crippen molar-refractivity contribution >= 4 is 32.7 Å². The quantitative estimate of drug-likeness (QED) is 0.397. The zero-order valence-electron chi connectivity index (χ0n) is 22.1. The Morgan fingerprint density at radius 2 is 1.90 bits per heavy atom. The van der Waals surface area contributed by atoms with Gasteiger partial charge in [-0.15, -0.1) is 0 Å². The molecule has 1 amide bonds. The molecular weight excluding hydrogens is 518 g/mol. The molecule has 1 aromatic heterocycles. The van der Waals surface area contributed by atoms with Crippen LogP contribution >= 0.6 is 0 Å². The summed E-state index contributed by atoms with van der Waals surface area (Å²) >= 11 is 0. The lowest BCUT2D eigenvalue weighted by Gasteiger charge is -2.32. The van der Waals surface area contributed by atoms with E-state index in [9.17, 15) is 18.3 Å². The molecule has 1 unspecified atom stereocenters. The Kier molecular flexibility index (Phi) is 8.31. The second kappa shape index (κ2) is 11.9. The fourth-order valence-electron chi connectivity index (χ4n) is 5.25. The minimum atomic E-state index is -3.68. The number of amides is 1. The highest BCUT2D eigenvalue weighted by Gasteiger charge is 2.29. The van der Waals surface area contributed by atoms with Crippen LogP contribution in [-0.2, 0) is 15.0 Å². The van der Waals surface area contributed by atoms with Gasteiger partial charge in [-0.1, -0.05) is 30.3 Å².